The molecule has 0 unspecified atom stereocenters. The molecule has 1 aliphatic rings. The lowest BCUT2D eigenvalue weighted by Crippen LogP contribution is -2.14. The standard InChI is InChI=1S/C6H5BClO2/c8-6-3-1-2-5(4-6)7(9)10/h2-4,9-10H/q+1. The van der Waals surface area contributed by atoms with Crippen molar-refractivity contribution in [3.8, 4) is 0 Å². The van der Waals surface area contributed by atoms with E-state index in [1.165, 1.54) is 12.2 Å². The second-order valence-electron chi connectivity index (χ2n) is 1.86. The van der Waals surface area contributed by atoms with Crippen LogP contribution in [0.25, 0.3) is 0 Å². The molecule has 0 aromatic heterocycles. The average molecular weight is 155 g/mol. The quantitative estimate of drug-likeness (QED) is 0.426. The van der Waals surface area contributed by atoms with Crippen LogP contribution in [0.4, 0.5) is 0 Å². The molecular formula is C6H5BClO2+. The van der Waals surface area contributed by atoms with E-state index >= 15 is 0 Å². The van der Waals surface area contributed by atoms with Gasteiger partial charge in [-0.05, 0) is 0 Å². The molecule has 0 amide bonds. The van der Waals surface area contributed by atoms with Gasteiger partial charge >= 0.3 is 7.12 Å². The van der Waals surface area contributed by atoms with Crippen molar-refractivity contribution in [1.82, 2.24) is 0 Å². The molecule has 2 nitrogen and oxygen atoms in total. The van der Waals surface area contributed by atoms with Gasteiger partial charge in [0.15, 0.2) is 5.03 Å². The fraction of sp³-hybridized carbons (Fsp3) is 0. The zero-order chi connectivity index (χ0) is 7.56. The van der Waals surface area contributed by atoms with Gasteiger partial charge in [-0.1, -0.05) is 0 Å². The predicted octanol–water partition coefficient (Wildman–Crippen LogP) is 0.420. The van der Waals surface area contributed by atoms with Crippen molar-refractivity contribution in [2.75, 3.05) is 0 Å². The van der Waals surface area contributed by atoms with Crippen molar-refractivity contribution in [3.05, 3.63) is 34.8 Å². The fourth-order valence-corrected chi connectivity index (χ4v) is 0.798. The van der Waals surface area contributed by atoms with E-state index in [1.807, 2.05) is 0 Å². The van der Waals surface area contributed by atoms with Crippen LogP contribution >= 0.6 is 11.6 Å². The summed E-state index contributed by atoms with van der Waals surface area (Å²) >= 11 is 5.54. The van der Waals surface area contributed by atoms with E-state index in [9.17, 15) is 0 Å². The van der Waals surface area contributed by atoms with Crippen molar-refractivity contribution in [2.45, 2.75) is 0 Å². The monoisotopic (exact) mass is 155 g/mol. The molecule has 0 radical (unpaired) electrons. The number of hydrogen-bond acceptors (Lipinski definition) is 2. The van der Waals surface area contributed by atoms with Crippen LogP contribution in [0.15, 0.2) is 28.7 Å². The van der Waals surface area contributed by atoms with Crippen LogP contribution in [0.2, 0.25) is 0 Å². The van der Waals surface area contributed by atoms with E-state index in [0.29, 0.717) is 10.5 Å². The van der Waals surface area contributed by atoms with E-state index in [4.69, 9.17) is 21.6 Å². The molecule has 0 aliphatic heterocycles. The summed E-state index contributed by atoms with van der Waals surface area (Å²) in [6.07, 6.45) is 7.15. The number of hydrogen-bond donors (Lipinski definition) is 2. The highest BCUT2D eigenvalue weighted by atomic mass is 35.5. The summed E-state index contributed by atoms with van der Waals surface area (Å²) in [4.78, 5) is 0. The first-order valence-electron chi connectivity index (χ1n) is 2.73. The van der Waals surface area contributed by atoms with Gasteiger partial charge in [0.05, 0.1) is 17.6 Å². The predicted molar refractivity (Wildman–Crippen MR) is 40.0 cm³/mol. The van der Waals surface area contributed by atoms with E-state index in [1.54, 1.807) is 6.08 Å². The molecule has 0 fully saturated rings. The van der Waals surface area contributed by atoms with Gasteiger partial charge in [-0.3, -0.25) is 0 Å². The van der Waals surface area contributed by atoms with E-state index in [0.717, 1.165) is 0 Å². The van der Waals surface area contributed by atoms with Crippen LogP contribution in [0.3, 0.4) is 0 Å². The average Bonchev–Trinajstić information content (AvgIpc) is 1.88. The minimum atomic E-state index is -1.46. The Morgan fingerprint density at radius 3 is 2.60 bits per heavy atom. The molecule has 0 spiro atoms. The van der Waals surface area contributed by atoms with Crippen molar-refractivity contribution < 1.29 is 10.0 Å². The van der Waals surface area contributed by atoms with Crippen LogP contribution < -0.4 is 0 Å². The zero-order valence-corrected chi connectivity index (χ0v) is 5.84. The van der Waals surface area contributed by atoms with Crippen LogP contribution in [0, 0.1) is 6.08 Å². The van der Waals surface area contributed by atoms with Crippen molar-refractivity contribution >= 4 is 18.7 Å². The number of halogens is 1. The molecule has 0 heterocycles. The Morgan fingerprint density at radius 1 is 1.50 bits per heavy atom. The summed E-state index contributed by atoms with van der Waals surface area (Å²) in [5.41, 5.74) is 0.354. The van der Waals surface area contributed by atoms with Gasteiger partial charge in [-0.2, -0.15) is 0 Å². The third-order valence-electron chi connectivity index (χ3n) is 1.07. The molecule has 0 aromatic carbocycles. The number of allylic oxidation sites excluding steroid dienone is 6. The Hall–Kier alpha value is -0.595. The number of rotatable bonds is 1. The third-order valence-corrected chi connectivity index (χ3v) is 1.29. The summed E-state index contributed by atoms with van der Waals surface area (Å²) in [5, 5.41) is 17.7. The second-order valence-corrected chi connectivity index (χ2v) is 2.29. The summed E-state index contributed by atoms with van der Waals surface area (Å²) in [6.45, 7) is 0. The SMILES string of the molecule is OB(O)C1=CC(Cl)=C[C+]=C1. The summed E-state index contributed by atoms with van der Waals surface area (Å²) in [5.74, 6) is 0. The molecule has 4 heteroatoms. The Bertz CT molecular complexity index is 218. The van der Waals surface area contributed by atoms with Gasteiger partial charge in [0.2, 0.25) is 0 Å². The van der Waals surface area contributed by atoms with Gasteiger partial charge in [0.25, 0.3) is 0 Å². The first-order chi connectivity index (χ1) is 4.70. The molecule has 10 heavy (non-hydrogen) atoms. The van der Waals surface area contributed by atoms with E-state index < -0.39 is 7.12 Å². The Labute approximate surface area is 64.3 Å². The van der Waals surface area contributed by atoms with Gasteiger partial charge < -0.3 is 10.0 Å². The second kappa shape index (κ2) is 2.99. The molecule has 0 saturated carbocycles. The van der Waals surface area contributed by atoms with Gasteiger partial charge in [-0.15, -0.1) is 0 Å². The fourth-order valence-electron chi connectivity index (χ4n) is 0.609. The van der Waals surface area contributed by atoms with Crippen molar-refractivity contribution in [2.24, 2.45) is 0 Å². The molecule has 50 valence electrons. The normalized spacial score (nSPS) is 15.5. The summed E-state index contributed by atoms with van der Waals surface area (Å²) in [7, 11) is -1.46. The Kier molecular flexibility index (Phi) is 2.25. The van der Waals surface area contributed by atoms with Gasteiger partial charge in [0.1, 0.15) is 6.08 Å². The van der Waals surface area contributed by atoms with Crippen LogP contribution in [0.5, 0.6) is 0 Å². The van der Waals surface area contributed by atoms with Crippen molar-refractivity contribution in [1.29, 1.82) is 0 Å². The summed E-state index contributed by atoms with van der Waals surface area (Å²) in [6, 6.07) is 0. The lowest BCUT2D eigenvalue weighted by molar-refractivity contribution is 0.420. The highest BCUT2D eigenvalue weighted by Crippen LogP contribution is 2.13. The molecule has 1 rings (SSSR count). The molecule has 0 bridgehead atoms. The van der Waals surface area contributed by atoms with Crippen molar-refractivity contribution in [3.63, 3.8) is 0 Å². The highest BCUT2D eigenvalue weighted by molar-refractivity contribution is 6.52. The summed E-state index contributed by atoms with van der Waals surface area (Å²) < 4.78 is 0. The van der Waals surface area contributed by atoms with Gasteiger partial charge in [0, 0.05) is 17.7 Å². The molecule has 1 aliphatic carbocycles. The minimum absolute atomic E-state index is 0.354. The Balaban J connectivity index is 2.82. The largest absolute Gasteiger partial charge is 0.569 e. The minimum Gasteiger partial charge on any atom is -0.411 e. The van der Waals surface area contributed by atoms with Crippen LogP contribution in [0.1, 0.15) is 0 Å². The maximum atomic E-state index is 8.63. The van der Waals surface area contributed by atoms with Gasteiger partial charge in [-0.25, -0.2) is 0 Å². The van der Waals surface area contributed by atoms with E-state index in [-0.39, 0.29) is 0 Å². The first-order valence-corrected chi connectivity index (χ1v) is 3.10. The van der Waals surface area contributed by atoms with Crippen LogP contribution in [-0.4, -0.2) is 17.2 Å². The third kappa shape index (κ3) is 1.69. The maximum absolute atomic E-state index is 8.63. The molecule has 0 saturated heterocycles. The lowest BCUT2D eigenvalue weighted by atomic mass is 9.78. The van der Waals surface area contributed by atoms with Crippen LogP contribution in [-0.2, 0) is 0 Å². The molecule has 0 aromatic rings. The maximum Gasteiger partial charge on any atom is 0.569 e. The van der Waals surface area contributed by atoms with E-state index in [2.05, 4.69) is 6.08 Å². The smallest absolute Gasteiger partial charge is 0.411 e. The lowest BCUT2D eigenvalue weighted by Gasteiger charge is -1.92. The Morgan fingerprint density at radius 2 is 2.20 bits per heavy atom. The molecular weight excluding hydrogens is 150 g/mol. The molecule has 2 N–H and O–H groups in total. The zero-order valence-electron chi connectivity index (χ0n) is 5.08. The highest BCUT2D eigenvalue weighted by Gasteiger charge is 2.22. The molecule has 0 atom stereocenters. The topological polar surface area (TPSA) is 40.5 Å². The first kappa shape index (κ1) is 7.51.